The summed E-state index contributed by atoms with van der Waals surface area (Å²) in [5, 5.41) is 9.58. The van der Waals surface area contributed by atoms with Crippen molar-refractivity contribution in [1.82, 2.24) is 20.9 Å². The van der Waals surface area contributed by atoms with Crippen LogP contribution in [0.2, 0.25) is 0 Å². The van der Waals surface area contributed by atoms with Crippen LogP contribution in [0.3, 0.4) is 0 Å². The number of carbonyl (C=O) groups excluding carboxylic acids is 1. The number of piperidine rings is 1. The van der Waals surface area contributed by atoms with E-state index in [9.17, 15) is 4.79 Å². The maximum Gasteiger partial charge on any atom is 0.225 e. The summed E-state index contributed by atoms with van der Waals surface area (Å²) in [6, 6.07) is 0. The number of oxazole rings is 1. The summed E-state index contributed by atoms with van der Waals surface area (Å²) >= 11 is 3.30. The Kier molecular flexibility index (Phi) is 6.13. The van der Waals surface area contributed by atoms with E-state index in [1.165, 1.54) is 0 Å². The molecule has 2 aliphatic heterocycles. The largest absolute Gasteiger partial charge is 0.445 e. The number of hydrogen-bond donors (Lipinski definition) is 3. The van der Waals surface area contributed by atoms with Crippen molar-refractivity contribution < 1.29 is 9.21 Å². The fraction of sp³-hybridized carbons (Fsp3) is 0.625. The number of aromatic nitrogens is 1. The van der Waals surface area contributed by atoms with Gasteiger partial charge in [-0.2, -0.15) is 0 Å². The summed E-state index contributed by atoms with van der Waals surface area (Å²) in [6.45, 7) is 6.03. The molecule has 1 amide bonds. The zero-order valence-electron chi connectivity index (χ0n) is 14.0. The SMILES string of the molecule is CC(C)c1cnc(CSC2=CNC(NC(=O)C3CCNCC3)S2)o1. The molecule has 0 radical (unpaired) electrons. The van der Waals surface area contributed by atoms with Gasteiger partial charge >= 0.3 is 0 Å². The number of amides is 1. The molecule has 1 unspecified atom stereocenters. The predicted molar refractivity (Wildman–Crippen MR) is 98.2 cm³/mol. The Bertz CT molecular complexity index is 597. The summed E-state index contributed by atoms with van der Waals surface area (Å²) in [5.74, 6) is 2.99. The smallest absolute Gasteiger partial charge is 0.225 e. The lowest BCUT2D eigenvalue weighted by Gasteiger charge is -2.23. The van der Waals surface area contributed by atoms with Crippen LogP contribution in [0.25, 0.3) is 0 Å². The van der Waals surface area contributed by atoms with Crippen LogP contribution in [-0.2, 0) is 10.5 Å². The molecule has 3 rings (SSSR count). The molecule has 3 N–H and O–H groups in total. The topological polar surface area (TPSA) is 79.2 Å². The normalized spacial score (nSPS) is 21.6. The Balaban J connectivity index is 1.40. The Morgan fingerprint density at radius 1 is 1.50 bits per heavy atom. The van der Waals surface area contributed by atoms with Gasteiger partial charge in [-0.05, 0) is 25.9 Å². The van der Waals surface area contributed by atoms with E-state index in [1.807, 2.05) is 6.20 Å². The average Bonchev–Trinajstić information content (AvgIpc) is 3.23. The third kappa shape index (κ3) is 4.70. The standard InChI is InChI=1S/C16H24N4O2S2/c1-10(2)12-7-18-13(22-12)9-23-14-8-19-16(24-14)20-15(21)11-3-5-17-6-4-11/h7-8,10-11,16-17,19H,3-6,9H2,1-2H3,(H,20,21). The molecule has 3 heterocycles. The number of thioether (sulfide) groups is 2. The molecule has 2 aliphatic rings. The van der Waals surface area contributed by atoms with Crippen LogP contribution < -0.4 is 16.0 Å². The Morgan fingerprint density at radius 2 is 2.29 bits per heavy atom. The van der Waals surface area contributed by atoms with E-state index >= 15 is 0 Å². The Labute approximate surface area is 151 Å². The highest BCUT2D eigenvalue weighted by Gasteiger charge is 2.25. The van der Waals surface area contributed by atoms with Crippen LogP contribution in [0.4, 0.5) is 0 Å². The van der Waals surface area contributed by atoms with Crippen molar-refractivity contribution in [1.29, 1.82) is 0 Å². The highest BCUT2D eigenvalue weighted by atomic mass is 32.2. The van der Waals surface area contributed by atoms with Crippen LogP contribution in [0.1, 0.15) is 44.3 Å². The minimum atomic E-state index is -0.0781. The molecule has 1 fully saturated rings. The van der Waals surface area contributed by atoms with Crippen LogP contribution in [0, 0.1) is 5.92 Å². The van der Waals surface area contributed by atoms with Crippen LogP contribution in [0.5, 0.6) is 0 Å². The second-order valence-electron chi connectivity index (χ2n) is 6.26. The minimum absolute atomic E-state index is 0.0781. The van der Waals surface area contributed by atoms with Crippen molar-refractivity contribution in [3.63, 3.8) is 0 Å². The molecule has 6 nitrogen and oxygen atoms in total. The maximum absolute atomic E-state index is 12.3. The van der Waals surface area contributed by atoms with E-state index in [2.05, 4.69) is 34.8 Å². The Hall–Kier alpha value is -1.12. The van der Waals surface area contributed by atoms with Crippen LogP contribution in [0.15, 0.2) is 21.1 Å². The first-order valence-electron chi connectivity index (χ1n) is 8.33. The molecule has 0 aliphatic carbocycles. The lowest BCUT2D eigenvalue weighted by molar-refractivity contribution is -0.126. The van der Waals surface area contributed by atoms with E-state index in [4.69, 9.17) is 4.42 Å². The predicted octanol–water partition coefficient (Wildman–Crippen LogP) is 2.57. The lowest BCUT2D eigenvalue weighted by Crippen LogP contribution is -2.44. The van der Waals surface area contributed by atoms with E-state index in [-0.39, 0.29) is 17.3 Å². The fourth-order valence-electron chi connectivity index (χ4n) is 2.60. The van der Waals surface area contributed by atoms with Crippen molar-refractivity contribution in [2.24, 2.45) is 5.92 Å². The van der Waals surface area contributed by atoms with Gasteiger partial charge in [0, 0.05) is 18.0 Å². The summed E-state index contributed by atoms with van der Waals surface area (Å²) in [5.41, 5.74) is -0.0781. The number of carbonyl (C=O) groups is 1. The molecule has 1 saturated heterocycles. The van der Waals surface area contributed by atoms with Crippen molar-refractivity contribution in [3.05, 3.63) is 28.3 Å². The third-order valence-corrected chi connectivity index (χ3v) is 6.32. The maximum atomic E-state index is 12.3. The first-order valence-corrected chi connectivity index (χ1v) is 10.2. The first kappa shape index (κ1) is 17.7. The monoisotopic (exact) mass is 368 g/mol. The molecule has 0 bridgehead atoms. The van der Waals surface area contributed by atoms with Gasteiger partial charge in [0.15, 0.2) is 5.50 Å². The van der Waals surface area contributed by atoms with E-state index in [0.29, 0.717) is 11.7 Å². The third-order valence-electron chi connectivity index (χ3n) is 4.05. The number of hydrogen-bond acceptors (Lipinski definition) is 7. The summed E-state index contributed by atoms with van der Waals surface area (Å²) in [4.78, 5) is 16.6. The molecule has 0 aromatic carbocycles. The number of nitrogens with one attached hydrogen (secondary N) is 3. The molecule has 1 aromatic heterocycles. The first-order chi connectivity index (χ1) is 11.6. The number of nitrogens with zero attached hydrogens (tertiary/aromatic N) is 1. The molecular formula is C16H24N4O2S2. The highest BCUT2D eigenvalue weighted by Crippen LogP contribution is 2.36. The van der Waals surface area contributed by atoms with Gasteiger partial charge in [0.2, 0.25) is 11.8 Å². The second-order valence-corrected chi connectivity index (χ2v) is 8.68. The summed E-state index contributed by atoms with van der Waals surface area (Å²) < 4.78 is 6.85. The molecule has 8 heteroatoms. The second kappa shape index (κ2) is 8.31. The minimum Gasteiger partial charge on any atom is -0.445 e. The zero-order valence-corrected chi connectivity index (χ0v) is 15.6. The molecule has 0 saturated carbocycles. The van der Waals surface area contributed by atoms with Crippen molar-refractivity contribution in [2.75, 3.05) is 13.1 Å². The quantitative estimate of drug-likeness (QED) is 0.712. The Morgan fingerprint density at radius 3 is 3.00 bits per heavy atom. The van der Waals surface area contributed by atoms with Gasteiger partial charge < -0.3 is 20.4 Å². The van der Waals surface area contributed by atoms with Crippen molar-refractivity contribution in [3.8, 4) is 0 Å². The zero-order chi connectivity index (χ0) is 16.9. The fourth-order valence-corrected chi connectivity index (χ4v) is 4.56. The van der Waals surface area contributed by atoms with Crippen molar-refractivity contribution >= 4 is 29.4 Å². The van der Waals surface area contributed by atoms with Gasteiger partial charge in [-0.1, -0.05) is 25.6 Å². The molecular weight excluding hydrogens is 344 g/mol. The van der Waals surface area contributed by atoms with Gasteiger partial charge in [-0.15, -0.1) is 11.8 Å². The average molecular weight is 369 g/mol. The molecule has 24 heavy (non-hydrogen) atoms. The van der Waals surface area contributed by atoms with Crippen LogP contribution >= 0.6 is 23.5 Å². The van der Waals surface area contributed by atoms with Gasteiger partial charge in [0.1, 0.15) is 5.76 Å². The lowest BCUT2D eigenvalue weighted by atomic mass is 9.97. The van der Waals surface area contributed by atoms with Gasteiger partial charge in [0.25, 0.3) is 0 Å². The summed E-state index contributed by atoms with van der Waals surface area (Å²) in [6.07, 6.45) is 5.59. The molecule has 0 spiro atoms. The van der Waals surface area contributed by atoms with Crippen molar-refractivity contribution in [2.45, 2.75) is 43.9 Å². The number of rotatable bonds is 6. The molecule has 1 aromatic rings. The molecule has 132 valence electrons. The van der Waals surface area contributed by atoms with Crippen LogP contribution in [-0.4, -0.2) is 29.5 Å². The van der Waals surface area contributed by atoms with E-state index in [0.717, 1.165) is 41.8 Å². The van der Waals surface area contributed by atoms with E-state index < -0.39 is 0 Å². The highest BCUT2D eigenvalue weighted by molar-refractivity contribution is 8.22. The van der Waals surface area contributed by atoms with Gasteiger partial charge in [-0.25, -0.2) is 4.98 Å². The van der Waals surface area contributed by atoms with E-state index in [1.54, 1.807) is 29.7 Å². The van der Waals surface area contributed by atoms with Gasteiger partial charge in [-0.3, -0.25) is 4.79 Å². The summed E-state index contributed by atoms with van der Waals surface area (Å²) in [7, 11) is 0. The van der Waals surface area contributed by atoms with Gasteiger partial charge in [0.05, 0.1) is 16.2 Å². The molecule has 1 atom stereocenters.